The maximum atomic E-state index is 12.9. The number of benzene rings is 3. The van der Waals surface area contributed by atoms with Gasteiger partial charge >= 0.3 is 0 Å². The molecule has 0 bridgehead atoms. The van der Waals surface area contributed by atoms with Gasteiger partial charge in [0, 0.05) is 12.4 Å². The maximum Gasteiger partial charge on any atom is 0.246 e. The van der Waals surface area contributed by atoms with Crippen LogP contribution in [-0.4, -0.2) is 7.05 Å². The van der Waals surface area contributed by atoms with Crippen molar-refractivity contribution in [2.24, 2.45) is 0 Å². The van der Waals surface area contributed by atoms with Gasteiger partial charge in [0.05, 0.1) is 5.69 Å². The second kappa shape index (κ2) is 5.31. The molecule has 3 aromatic rings. The highest BCUT2D eigenvalue weighted by molar-refractivity contribution is 5.95. The van der Waals surface area contributed by atoms with Crippen molar-refractivity contribution in [2.45, 2.75) is 0 Å². The smallest absolute Gasteiger partial charge is 0.246 e. The Morgan fingerprint density at radius 1 is 1.00 bits per heavy atom. The van der Waals surface area contributed by atoms with Crippen LogP contribution < -0.4 is 9.64 Å². The van der Waals surface area contributed by atoms with E-state index in [1.165, 1.54) is 12.1 Å². The van der Waals surface area contributed by atoms with Gasteiger partial charge in [-0.25, -0.2) is 4.39 Å². The number of hydrogen-bond acceptors (Lipinski definition) is 2. The van der Waals surface area contributed by atoms with Crippen LogP contribution in [0.4, 0.5) is 10.1 Å². The fourth-order valence-corrected chi connectivity index (χ4v) is 2.71. The third-order valence-corrected chi connectivity index (χ3v) is 3.96. The molecule has 0 unspecified atom stereocenters. The van der Waals surface area contributed by atoms with E-state index in [9.17, 15) is 4.39 Å². The lowest BCUT2D eigenvalue weighted by atomic mass is 10.1. The summed E-state index contributed by atoms with van der Waals surface area (Å²) in [5.74, 6) is 1.23. The number of ether oxygens (including phenoxy) is 1. The average Bonchev–Trinajstić information content (AvgIpc) is 2.91. The second-order valence-electron chi connectivity index (χ2n) is 5.44. The van der Waals surface area contributed by atoms with Crippen LogP contribution in [0.5, 0.6) is 5.75 Å². The minimum Gasteiger partial charge on any atom is -0.431 e. The van der Waals surface area contributed by atoms with Gasteiger partial charge in [0.2, 0.25) is 5.88 Å². The van der Waals surface area contributed by atoms with E-state index in [-0.39, 0.29) is 5.82 Å². The largest absolute Gasteiger partial charge is 0.431 e. The van der Waals surface area contributed by atoms with Crippen LogP contribution >= 0.6 is 0 Å². The summed E-state index contributed by atoms with van der Waals surface area (Å²) in [4.78, 5) is 1.96. The van der Waals surface area contributed by atoms with Crippen LogP contribution in [0.3, 0.4) is 0 Å². The van der Waals surface area contributed by atoms with Gasteiger partial charge in [-0.2, -0.15) is 0 Å². The lowest BCUT2D eigenvalue weighted by molar-refractivity contribution is 0.450. The number of anilines is 1. The normalized spacial score (nSPS) is 12.8. The van der Waals surface area contributed by atoms with Crippen LogP contribution in [0.2, 0.25) is 0 Å². The van der Waals surface area contributed by atoms with E-state index in [1.54, 1.807) is 18.2 Å². The molecule has 0 atom stereocenters. The fraction of sp³-hybridized carbons (Fsp3) is 0.0500. The summed E-state index contributed by atoms with van der Waals surface area (Å²) in [6.07, 6.45) is 1.79. The van der Waals surface area contributed by atoms with Crippen LogP contribution in [0.25, 0.3) is 16.8 Å². The molecule has 1 aliphatic rings. The molecule has 1 heterocycles. The molecule has 0 N–H and O–H groups in total. The molecule has 0 saturated heterocycles. The molecule has 2 nitrogen and oxygen atoms in total. The molecular formula is C20H14FNO. The summed E-state index contributed by atoms with van der Waals surface area (Å²) in [5, 5.41) is 2.22. The Labute approximate surface area is 133 Å². The molecule has 3 aromatic carbocycles. The summed E-state index contributed by atoms with van der Waals surface area (Å²) in [5.41, 5.74) is 5.04. The Morgan fingerprint density at radius 3 is 2.61 bits per heavy atom. The zero-order valence-corrected chi connectivity index (χ0v) is 12.6. The standard InChI is InChI=1S/C20H14FNO/c1-22-18-12-9-15-4-2-3-5-17(15)20(18)23-19(22)13-8-14-6-10-16(21)11-7-14/h2-12H,1H3. The number of rotatable bonds is 1. The molecule has 4 rings (SSSR count). The molecule has 0 fully saturated rings. The van der Waals surface area contributed by atoms with Crippen LogP contribution in [0, 0.1) is 5.82 Å². The first-order valence-corrected chi connectivity index (χ1v) is 7.38. The molecule has 0 aliphatic carbocycles. The lowest BCUT2D eigenvalue weighted by Gasteiger charge is -2.08. The van der Waals surface area contributed by atoms with E-state index in [0.29, 0.717) is 5.88 Å². The van der Waals surface area contributed by atoms with Gasteiger partial charge in [-0.1, -0.05) is 48.2 Å². The molecule has 23 heavy (non-hydrogen) atoms. The minimum absolute atomic E-state index is 0.247. The van der Waals surface area contributed by atoms with Gasteiger partial charge in [0.1, 0.15) is 5.82 Å². The van der Waals surface area contributed by atoms with Crippen LogP contribution in [0.15, 0.2) is 72.3 Å². The molecule has 0 spiro atoms. The second-order valence-corrected chi connectivity index (χ2v) is 5.44. The van der Waals surface area contributed by atoms with Crippen molar-refractivity contribution >= 4 is 22.5 Å². The molecule has 1 aliphatic heterocycles. The molecule has 0 saturated carbocycles. The predicted molar refractivity (Wildman–Crippen MR) is 90.9 cm³/mol. The van der Waals surface area contributed by atoms with Crippen molar-refractivity contribution in [1.82, 2.24) is 0 Å². The van der Waals surface area contributed by atoms with Gasteiger partial charge in [0.25, 0.3) is 0 Å². The van der Waals surface area contributed by atoms with Crippen molar-refractivity contribution in [3.8, 4) is 5.75 Å². The van der Waals surface area contributed by atoms with Crippen molar-refractivity contribution in [3.05, 3.63) is 83.7 Å². The van der Waals surface area contributed by atoms with Crippen molar-refractivity contribution in [2.75, 3.05) is 11.9 Å². The van der Waals surface area contributed by atoms with E-state index in [4.69, 9.17) is 4.74 Å². The Balaban J connectivity index is 1.76. The molecule has 3 heteroatoms. The average molecular weight is 303 g/mol. The third-order valence-electron chi connectivity index (χ3n) is 3.96. The van der Waals surface area contributed by atoms with Crippen LogP contribution in [-0.2, 0) is 0 Å². The summed E-state index contributed by atoms with van der Waals surface area (Å²) >= 11 is 0. The Kier molecular flexibility index (Phi) is 3.14. The summed E-state index contributed by atoms with van der Waals surface area (Å²) in [6.45, 7) is 0. The summed E-state index contributed by atoms with van der Waals surface area (Å²) < 4.78 is 18.9. The van der Waals surface area contributed by atoms with E-state index in [2.05, 4.69) is 23.9 Å². The van der Waals surface area contributed by atoms with Gasteiger partial charge in [-0.3, -0.25) is 0 Å². The lowest BCUT2D eigenvalue weighted by Crippen LogP contribution is -2.12. The van der Waals surface area contributed by atoms with Crippen molar-refractivity contribution < 1.29 is 9.13 Å². The highest BCUT2D eigenvalue weighted by Gasteiger charge is 2.24. The molecule has 0 amide bonds. The Morgan fingerprint density at radius 2 is 1.78 bits per heavy atom. The first kappa shape index (κ1) is 13.6. The maximum absolute atomic E-state index is 12.9. The summed E-state index contributed by atoms with van der Waals surface area (Å²) in [7, 11) is 1.95. The minimum atomic E-state index is -0.247. The highest BCUT2D eigenvalue weighted by Crippen LogP contribution is 2.42. The predicted octanol–water partition coefficient (Wildman–Crippen LogP) is 4.96. The van der Waals surface area contributed by atoms with Crippen molar-refractivity contribution in [3.63, 3.8) is 0 Å². The molecular weight excluding hydrogens is 289 g/mol. The summed E-state index contributed by atoms with van der Waals surface area (Å²) in [6, 6.07) is 18.5. The zero-order chi connectivity index (χ0) is 15.8. The first-order chi connectivity index (χ1) is 11.2. The SMILES string of the molecule is CN1C(=C=Cc2ccc(F)cc2)Oc2c1ccc1ccccc21. The van der Waals surface area contributed by atoms with E-state index in [1.807, 2.05) is 30.1 Å². The van der Waals surface area contributed by atoms with E-state index < -0.39 is 0 Å². The number of nitrogens with zero attached hydrogens (tertiary/aromatic N) is 1. The molecule has 112 valence electrons. The quantitative estimate of drug-likeness (QED) is 0.589. The van der Waals surface area contributed by atoms with E-state index >= 15 is 0 Å². The van der Waals surface area contributed by atoms with Gasteiger partial charge < -0.3 is 9.64 Å². The van der Waals surface area contributed by atoms with Crippen LogP contribution in [0.1, 0.15) is 5.56 Å². The topological polar surface area (TPSA) is 12.5 Å². The van der Waals surface area contributed by atoms with Gasteiger partial charge in [-0.15, -0.1) is 0 Å². The Hall–Kier alpha value is -3.03. The molecule has 0 aromatic heterocycles. The zero-order valence-electron chi connectivity index (χ0n) is 12.6. The fourth-order valence-electron chi connectivity index (χ4n) is 2.71. The molecule has 0 radical (unpaired) electrons. The highest BCUT2D eigenvalue weighted by atomic mass is 19.1. The van der Waals surface area contributed by atoms with Gasteiger partial charge in [-0.05, 0) is 35.2 Å². The first-order valence-electron chi connectivity index (χ1n) is 7.38. The van der Waals surface area contributed by atoms with Gasteiger partial charge in [0.15, 0.2) is 5.75 Å². The number of hydrogen-bond donors (Lipinski definition) is 0. The van der Waals surface area contributed by atoms with Crippen molar-refractivity contribution in [1.29, 1.82) is 0 Å². The third kappa shape index (κ3) is 2.37. The number of fused-ring (bicyclic) bond motifs is 3. The monoisotopic (exact) mass is 303 g/mol. The van der Waals surface area contributed by atoms with E-state index in [0.717, 1.165) is 27.8 Å². The number of halogens is 1. The Bertz CT molecular complexity index is 953.